The van der Waals surface area contributed by atoms with Crippen molar-refractivity contribution in [3.8, 4) is 0 Å². The first kappa shape index (κ1) is 12.5. The molecule has 16 heavy (non-hydrogen) atoms. The molecule has 0 saturated carbocycles. The van der Waals surface area contributed by atoms with Crippen LogP contribution in [-0.2, 0) is 0 Å². The van der Waals surface area contributed by atoms with Crippen molar-refractivity contribution in [3.63, 3.8) is 0 Å². The Labute approximate surface area is 101 Å². The molecule has 2 aromatic rings. The van der Waals surface area contributed by atoms with Crippen LogP contribution in [-0.4, -0.2) is 9.97 Å². The summed E-state index contributed by atoms with van der Waals surface area (Å²) in [7, 11) is 0. The zero-order valence-corrected chi connectivity index (χ0v) is 10.1. The molecule has 0 bridgehead atoms. The highest BCUT2D eigenvalue weighted by molar-refractivity contribution is 5.85. The average Bonchev–Trinajstić information content (AvgIpc) is 2.17. The minimum Gasteiger partial charge on any atom is -0.340 e. The van der Waals surface area contributed by atoms with Gasteiger partial charge in [0.2, 0.25) is 0 Å². The minimum atomic E-state index is 0. The van der Waals surface area contributed by atoms with Gasteiger partial charge in [-0.1, -0.05) is 12.1 Å². The number of nitrogens with zero attached hydrogens (tertiary/aromatic N) is 2. The lowest BCUT2D eigenvalue weighted by Crippen LogP contribution is -1.95. The highest BCUT2D eigenvalue weighted by atomic mass is 35.5. The molecule has 0 radical (unpaired) electrons. The van der Waals surface area contributed by atoms with Gasteiger partial charge >= 0.3 is 0 Å². The molecule has 1 heterocycles. The number of benzene rings is 1. The minimum absolute atomic E-state index is 0. The molecule has 2 rings (SSSR count). The standard InChI is InChI=1S/C12H13N3.ClH/c1-9-4-3-5-11(6-9)15-12-7-10(2)13-8-14-12;/h3-8H,1-2H3,(H,13,14,15);1H. The molecule has 0 aliphatic carbocycles. The number of hydrogen-bond acceptors (Lipinski definition) is 3. The first-order valence-corrected chi connectivity index (χ1v) is 4.86. The van der Waals surface area contributed by atoms with Crippen molar-refractivity contribution in [3.05, 3.63) is 47.9 Å². The Kier molecular flexibility index (Phi) is 4.26. The normalized spacial score (nSPS) is 9.38. The molecule has 1 aromatic heterocycles. The number of anilines is 2. The summed E-state index contributed by atoms with van der Waals surface area (Å²) in [5.41, 5.74) is 3.24. The second-order valence-electron chi connectivity index (χ2n) is 3.54. The Hall–Kier alpha value is -1.61. The first-order valence-electron chi connectivity index (χ1n) is 4.86. The number of halogens is 1. The third-order valence-corrected chi connectivity index (χ3v) is 2.09. The van der Waals surface area contributed by atoms with E-state index in [2.05, 4.69) is 34.3 Å². The van der Waals surface area contributed by atoms with Gasteiger partial charge in [-0.15, -0.1) is 12.4 Å². The van der Waals surface area contributed by atoms with Crippen LogP contribution in [0.4, 0.5) is 11.5 Å². The Balaban J connectivity index is 0.00000128. The molecule has 1 aromatic carbocycles. The smallest absolute Gasteiger partial charge is 0.133 e. The van der Waals surface area contributed by atoms with Crippen LogP contribution in [0, 0.1) is 13.8 Å². The molecule has 4 heteroatoms. The Bertz CT molecular complexity index is 428. The second-order valence-corrected chi connectivity index (χ2v) is 3.54. The molecular weight excluding hydrogens is 222 g/mol. The zero-order chi connectivity index (χ0) is 10.7. The van der Waals surface area contributed by atoms with E-state index in [0.717, 1.165) is 17.2 Å². The number of hydrogen-bond donors (Lipinski definition) is 1. The molecule has 84 valence electrons. The van der Waals surface area contributed by atoms with E-state index in [1.165, 1.54) is 5.56 Å². The zero-order valence-electron chi connectivity index (χ0n) is 9.27. The molecule has 0 amide bonds. The number of aromatic nitrogens is 2. The summed E-state index contributed by atoms with van der Waals surface area (Å²) < 4.78 is 0. The van der Waals surface area contributed by atoms with Gasteiger partial charge in [0.25, 0.3) is 0 Å². The fraction of sp³-hybridized carbons (Fsp3) is 0.167. The summed E-state index contributed by atoms with van der Waals surface area (Å²) in [5, 5.41) is 3.23. The Morgan fingerprint density at radius 3 is 2.56 bits per heavy atom. The molecular formula is C12H14ClN3. The van der Waals surface area contributed by atoms with Crippen molar-refractivity contribution in [1.82, 2.24) is 9.97 Å². The van der Waals surface area contributed by atoms with Gasteiger partial charge in [0.05, 0.1) is 0 Å². The molecule has 0 saturated heterocycles. The fourth-order valence-electron chi connectivity index (χ4n) is 1.39. The van der Waals surface area contributed by atoms with Gasteiger partial charge in [0.1, 0.15) is 12.1 Å². The largest absolute Gasteiger partial charge is 0.340 e. The van der Waals surface area contributed by atoms with Crippen LogP contribution in [0.1, 0.15) is 11.3 Å². The van der Waals surface area contributed by atoms with E-state index in [1.807, 2.05) is 25.1 Å². The van der Waals surface area contributed by atoms with Gasteiger partial charge in [-0.25, -0.2) is 9.97 Å². The van der Waals surface area contributed by atoms with Crippen molar-refractivity contribution in [2.45, 2.75) is 13.8 Å². The first-order chi connectivity index (χ1) is 7.24. The second kappa shape index (κ2) is 5.47. The van der Waals surface area contributed by atoms with Crippen LogP contribution in [0.5, 0.6) is 0 Å². The van der Waals surface area contributed by atoms with Gasteiger partial charge in [0.15, 0.2) is 0 Å². The van der Waals surface area contributed by atoms with E-state index in [1.54, 1.807) is 6.33 Å². The molecule has 0 spiro atoms. The quantitative estimate of drug-likeness (QED) is 0.868. The molecule has 0 atom stereocenters. The van der Waals surface area contributed by atoms with Gasteiger partial charge in [-0.3, -0.25) is 0 Å². The van der Waals surface area contributed by atoms with Gasteiger partial charge in [-0.2, -0.15) is 0 Å². The van der Waals surface area contributed by atoms with Crippen molar-refractivity contribution >= 4 is 23.9 Å². The van der Waals surface area contributed by atoms with E-state index < -0.39 is 0 Å². The molecule has 0 aliphatic rings. The monoisotopic (exact) mass is 235 g/mol. The van der Waals surface area contributed by atoms with Gasteiger partial charge in [0, 0.05) is 17.4 Å². The lowest BCUT2D eigenvalue weighted by Gasteiger charge is -2.06. The van der Waals surface area contributed by atoms with Gasteiger partial charge < -0.3 is 5.32 Å². The van der Waals surface area contributed by atoms with Crippen molar-refractivity contribution < 1.29 is 0 Å². The summed E-state index contributed by atoms with van der Waals surface area (Å²) >= 11 is 0. The van der Waals surface area contributed by atoms with Crippen molar-refractivity contribution in [2.75, 3.05) is 5.32 Å². The maximum absolute atomic E-state index is 4.14. The van der Waals surface area contributed by atoms with Crippen LogP contribution in [0.3, 0.4) is 0 Å². The third kappa shape index (κ3) is 3.21. The number of aryl methyl sites for hydroxylation is 2. The van der Waals surface area contributed by atoms with Crippen LogP contribution in [0.2, 0.25) is 0 Å². The lowest BCUT2D eigenvalue weighted by atomic mass is 10.2. The van der Waals surface area contributed by atoms with Gasteiger partial charge in [-0.05, 0) is 31.5 Å². The summed E-state index contributed by atoms with van der Waals surface area (Å²) in [4.78, 5) is 8.19. The Morgan fingerprint density at radius 1 is 1.06 bits per heavy atom. The van der Waals surface area contributed by atoms with E-state index in [0.29, 0.717) is 0 Å². The van der Waals surface area contributed by atoms with Crippen molar-refractivity contribution in [1.29, 1.82) is 0 Å². The molecule has 0 unspecified atom stereocenters. The van der Waals surface area contributed by atoms with Crippen LogP contribution in [0.25, 0.3) is 0 Å². The molecule has 1 N–H and O–H groups in total. The summed E-state index contributed by atoms with van der Waals surface area (Å²) in [6.45, 7) is 4.01. The van der Waals surface area contributed by atoms with E-state index >= 15 is 0 Å². The van der Waals surface area contributed by atoms with E-state index in [4.69, 9.17) is 0 Å². The van der Waals surface area contributed by atoms with Crippen molar-refractivity contribution in [2.24, 2.45) is 0 Å². The van der Waals surface area contributed by atoms with Crippen LogP contribution >= 0.6 is 12.4 Å². The van der Waals surface area contributed by atoms with Crippen LogP contribution in [0.15, 0.2) is 36.7 Å². The highest BCUT2D eigenvalue weighted by Crippen LogP contribution is 2.15. The summed E-state index contributed by atoms with van der Waals surface area (Å²) in [6.07, 6.45) is 1.56. The Morgan fingerprint density at radius 2 is 1.88 bits per heavy atom. The number of nitrogens with one attached hydrogen (secondary N) is 1. The molecule has 0 aliphatic heterocycles. The SMILES string of the molecule is Cc1cccc(Nc2cc(C)ncn2)c1.Cl. The van der Waals surface area contributed by atoms with E-state index in [-0.39, 0.29) is 12.4 Å². The topological polar surface area (TPSA) is 37.8 Å². The summed E-state index contributed by atoms with van der Waals surface area (Å²) in [5.74, 6) is 0.827. The lowest BCUT2D eigenvalue weighted by molar-refractivity contribution is 1.10. The number of rotatable bonds is 2. The third-order valence-electron chi connectivity index (χ3n) is 2.09. The predicted molar refractivity (Wildman–Crippen MR) is 68.5 cm³/mol. The fourth-order valence-corrected chi connectivity index (χ4v) is 1.39. The maximum atomic E-state index is 4.14. The molecule has 3 nitrogen and oxygen atoms in total. The van der Waals surface area contributed by atoms with E-state index in [9.17, 15) is 0 Å². The molecule has 0 fully saturated rings. The van der Waals surface area contributed by atoms with Crippen LogP contribution < -0.4 is 5.32 Å². The average molecular weight is 236 g/mol. The highest BCUT2D eigenvalue weighted by Gasteiger charge is 1.96. The summed E-state index contributed by atoms with van der Waals surface area (Å²) in [6, 6.07) is 10.1. The maximum Gasteiger partial charge on any atom is 0.133 e. The predicted octanol–water partition coefficient (Wildman–Crippen LogP) is 3.26.